The summed E-state index contributed by atoms with van der Waals surface area (Å²) in [6.07, 6.45) is 0. The number of hydrogen-bond donors (Lipinski definition) is 0. The third-order valence-electron chi connectivity index (χ3n) is 13.5. The third kappa shape index (κ3) is 6.56. The molecule has 66 heavy (non-hydrogen) atoms. The first-order chi connectivity index (χ1) is 32.8. The molecule has 0 radical (unpaired) electrons. The van der Waals surface area contributed by atoms with Gasteiger partial charge in [-0.15, -0.1) is 0 Å². The summed E-state index contributed by atoms with van der Waals surface area (Å²) < 4.78 is 0. The van der Waals surface area contributed by atoms with Crippen molar-refractivity contribution in [2.45, 2.75) is 5.41 Å². The third-order valence-corrected chi connectivity index (χ3v) is 13.5. The van der Waals surface area contributed by atoms with Crippen LogP contribution in [0.1, 0.15) is 22.3 Å². The van der Waals surface area contributed by atoms with Gasteiger partial charge in [0.1, 0.15) is 0 Å². The van der Waals surface area contributed by atoms with Crippen molar-refractivity contribution in [3.8, 4) is 55.6 Å². The van der Waals surface area contributed by atoms with E-state index in [1.165, 1.54) is 66.4 Å². The van der Waals surface area contributed by atoms with Gasteiger partial charge in [0.25, 0.3) is 0 Å². The van der Waals surface area contributed by atoms with E-state index < -0.39 is 5.41 Å². The fourth-order valence-electron chi connectivity index (χ4n) is 10.6. The van der Waals surface area contributed by atoms with E-state index in [9.17, 15) is 0 Å². The van der Waals surface area contributed by atoms with Crippen LogP contribution in [0.5, 0.6) is 0 Å². The highest BCUT2D eigenvalue weighted by molar-refractivity contribution is 5.99. The summed E-state index contributed by atoms with van der Waals surface area (Å²) in [7, 11) is 0. The van der Waals surface area contributed by atoms with Crippen molar-refractivity contribution in [3.63, 3.8) is 0 Å². The molecule has 0 aliphatic heterocycles. The van der Waals surface area contributed by atoms with Gasteiger partial charge in [0.15, 0.2) is 0 Å². The van der Waals surface area contributed by atoms with Crippen molar-refractivity contribution in [3.05, 3.63) is 295 Å². The van der Waals surface area contributed by atoms with E-state index in [1.54, 1.807) is 0 Å². The monoisotopic (exact) mass is 839 g/mol. The Hall–Kier alpha value is -8.52. The molecule has 0 bridgehead atoms. The number of anilines is 3. The van der Waals surface area contributed by atoms with E-state index in [0.717, 1.165) is 39.3 Å². The van der Waals surface area contributed by atoms with Gasteiger partial charge in [-0.25, -0.2) is 0 Å². The van der Waals surface area contributed by atoms with Crippen LogP contribution in [-0.2, 0) is 5.41 Å². The summed E-state index contributed by atoms with van der Waals surface area (Å²) in [5, 5.41) is 2.49. The van der Waals surface area contributed by atoms with Gasteiger partial charge < -0.3 is 4.90 Å². The molecule has 1 aliphatic rings. The average molecular weight is 840 g/mol. The summed E-state index contributed by atoms with van der Waals surface area (Å²) in [4.78, 5) is 2.51. The van der Waals surface area contributed by atoms with E-state index in [-0.39, 0.29) is 0 Å². The molecule has 0 saturated carbocycles. The van der Waals surface area contributed by atoms with Gasteiger partial charge in [-0.2, -0.15) is 0 Å². The molecule has 0 spiro atoms. The molecule has 0 atom stereocenters. The largest absolute Gasteiger partial charge is 0.309 e. The van der Waals surface area contributed by atoms with Crippen molar-refractivity contribution in [1.29, 1.82) is 0 Å². The van der Waals surface area contributed by atoms with Gasteiger partial charge in [0.2, 0.25) is 0 Å². The predicted molar refractivity (Wildman–Crippen MR) is 278 cm³/mol. The number of nitrogens with zero attached hydrogens (tertiary/aromatic N) is 1. The minimum atomic E-state index is -0.550. The van der Waals surface area contributed by atoms with Gasteiger partial charge in [-0.1, -0.05) is 237 Å². The molecular weight excluding hydrogens is 795 g/mol. The molecule has 0 aromatic heterocycles. The van der Waals surface area contributed by atoms with E-state index in [1.807, 2.05) is 0 Å². The quantitative estimate of drug-likeness (QED) is 0.140. The molecule has 12 rings (SSSR count). The molecule has 1 aliphatic carbocycles. The molecule has 1 nitrogen and oxygen atoms in total. The van der Waals surface area contributed by atoms with Crippen molar-refractivity contribution in [2.24, 2.45) is 0 Å². The number of fused-ring (bicyclic) bond motifs is 4. The number of para-hydroxylation sites is 2. The minimum Gasteiger partial charge on any atom is -0.309 e. The smallest absolute Gasteiger partial charge is 0.0714 e. The van der Waals surface area contributed by atoms with Crippen LogP contribution in [0.3, 0.4) is 0 Å². The normalized spacial score (nSPS) is 12.4. The second-order valence-electron chi connectivity index (χ2n) is 17.2. The van der Waals surface area contributed by atoms with Gasteiger partial charge in [-0.3, -0.25) is 0 Å². The second kappa shape index (κ2) is 16.6. The van der Waals surface area contributed by atoms with E-state index in [0.29, 0.717) is 0 Å². The zero-order valence-corrected chi connectivity index (χ0v) is 36.4. The molecular formula is C65H45N. The van der Waals surface area contributed by atoms with E-state index in [4.69, 9.17) is 0 Å². The maximum absolute atomic E-state index is 2.51. The molecule has 0 saturated heterocycles. The Bertz CT molecular complexity index is 3490. The van der Waals surface area contributed by atoms with Crippen molar-refractivity contribution in [2.75, 3.05) is 4.90 Å². The van der Waals surface area contributed by atoms with E-state index >= 15 is 0 Å². The number of benzene rings is 11. The molecule has 310 valence electrons. The van der Waals surface area contributed by atoms with Crippen LogP contribution in [0.4, 0.5) is 17.1 Å². The molecule has 0 unspecified atom stereocenters. The van der Waals surface area contributed by atoms with Gasteiger partial charge in [0.05, 0.1) is 16.8 Å². The fraction of sp³-hybridized carbons (Fsp3) is 0.0154. The summed E-state index contributed by atoms with van der Waals surface area (Å²) in [6.45, 7) is 0. The Labute approximate surface area is 387 Å². The first kappa shape index (κ1) is 39.1. The second-order valence-corrected chi connectivity index (χ2v) is 17.2. The summed E-state index contributed by atoms with van der Waals surface area (Å²) >= 11 is 0. The average Bonchev–Trinajstić information content (AvgIpc) is 3.70. The van der Waals surface area contributed by atoms with Crippen LogP contribution in [0.25, 0.3) is 66.4 Å². The minimum absolute atomic E-state index is 0.550. The van der Waals surface area contributed by atoms with Gasteiger partial charge in [0, 0.05) is 16.8 Å². The highest BCUT2D eigenvalue weighted by Crippen LogP contribution is 2.58. The predicted octanol–water partition coefficient (Wildman–Crippen LogP) is 17.3. The topological polar surface area (TPSA) is 3.24 Å². The Morgan fingerprint density at radius 2 is 0.697 bits per heavy atom. The molecule has 11 aromatic rings. The lowest BCUT2D eigenvalue weighted by Crippen LogP contribution is -2.28. The maximum Gasteiger partial charge on any atom is 0.0714 e. The Balaban J connectivity index is 1.11. The molecule has 1 heteroatoms. The summed E-state index contributed by atoms with van der Waals surface area (Å²) in [6, 6.07) is 100. The van der Waals surface area contributed by atoms with Crippen LogP contribution in [0, 0.1) is 0 Å². The van der Waals surface area contributed by atoms with Gasteiger partial charge in [-0.05, 0) is 114 Å². The molecule has 0 heterocycles. The van der Waals surface area contributed by atoms with Crippen LogP contribution >= 0.6 is 0 Å². The zero-order chi connectivity index (χ0) is 43.9. The maximum atomic E-state index is 2.51. The standard InChI is InChI=1S/C65H45N/c1-4-21-46(22-5-1)48-25-18-27-50(43-48)57-34-13-16-39-63(57)66(64-40-17-14-35-58(64)51-28-19-26-49(44-51)56-37-20-24-47-23-10-11-33-55(47)56)54-41-42-60-59-36-12-15-38-61(59)65(62(60)45-54,52-29-6-2-7-30-52)53-31-8-3-9-32-53/h1-45H. The van der Waals surface area contributed by atoms with E-state index in [2.05, 4.69) is 278 Å². The Morgan fingerprint density at radius 3 is 1.36 bits per heavy atom. The van der Waals surface area contributed by atoms with Crippen molar-refractivity contribution >= 4 is 27.8 Å². The highest BCUT2D eigenvalue weighted by Gasteiger charge is 2.46. The van der Waals surface area contributed by atoms with Crippen LogP contribution < -0.4 is 4.90 Å². The number of rotatable bonds is 9. The Morgan fingerprint density at radius 1 is 0.258 bits per heavy atom. The fourth-order valence-corrected chi connectivity index (χ4v) is 10.6. The van der Waals surface area contributed by atoms with Crippen molar-refractivity contribution < 1.29 is 0 Å². The molecule has 11 aromatic carbocycles. The van der Waals surface area contributed by atoms with Crippen LogP contribution in [0.15, 0.2) is 273 Å². The highest BCUT2D eigenvalue weighted by atomic mass is 15.1. The lowest BCUT2D eigenvalue weighted by Gasteiger charge is -2.35. The molecule has 0 amide bonds. The first-order valence-corrected chi connectivity index (χ1v) is 22.8. The number of hydrogen-bond acceptors (Lipinski definition) is 1. The molecule has 0 N–H and O–H groups in total. The van der Waals surface area contributed by atoms with Crippen LogP contribution in [0.2, 0.25) is 0 Å². The Kier molecular flexibility index (Phi) is 9.81. The molecule has 0 fully saturated rings. The SMILES string of the molecule is c1ccc(-c2cccc(-c3ccccc3N(c3ccc4c(c3)C(c3ccccc3)(c3ccccc3)c3ccccc3-4)c3ccccc3-c3cccc(-c4cccc5ccccc45)c3)c2)cc1. The summed E-state index contributed by atoms with van der Waals surface area (Å²) in [5.41, 5.74) is 19.7. The first-order valence-electron chi connectivity index (χ1n) is 22.8. The van der Waals surface area contributed by atoms with Gasteiger partial charge >= 0.3 is 0 Å². The van der Waals surface area contributed by atoms with Crippen LogP contribution in [-0.4, -0.2) is 0 Å². The lowest BCUT2D eigenvalue weighted by molar-refractivity contribution is 0.768. The summed E-state index contributed by atoms with van der Waals surface area (Å²) in [5.74, 6) is 0. The zero-order valence-electron chi connectivity index (χ0n) is 36.4. The lowest BCUT2D eigenvalue weighted by atomic mass is 9.67. The van der Waals surface area contributed by atoms with Crippen molar-refractivity contribution in [1.82, 2.24) is 0 Å².